The number of carbonyl (C=O) groups excluding carboxylic acids is 3. The van der Waals surface area contributed by atoms with Crippen LogP contribution in [0.25, 0.3) is 0 Å². The predicted molar refractivity (Wildman–Crippen MR) is 134 cm³/mol. The van der Waals surface area contributed by atoms with E-state index in [1.165, 1.54) is 32.6 Å². The van der Waals surface area contributed by atoms with E-state index in [0.717, 1.165) is 0 Å². The van der Waals surface area contributed by atoms with Crippen molar-refractivity contribution in [1.82, 2.24) is 0 Å². The molecule has 0 unspecified atom stereocenters. The van der Waals surface area contributed by atoms with Crippen LogP contribution in [0.3, 0.4) is 0 Å². The molecule has 1 saturated carbocycles. The summed E-state index contributed by atoms with van der Waals surface area (Å²) in [6.07, 6.45) is -0.867. The lowest BCUT2D eigenvalue weighted by atomic mass is 9.46. The highest BCUT2D eigenvalue weighted by Gasteiger charge is 2.73. The number of furan rings is 1. The molecule has 10 nitrogen and oxygen atoms in total. The van der Waals surface area contributed by atoms with Gasteiger partial charge in [0.15, 0.2) is 6.10 Å². The fourth-order valence-electron chi connectivity index (χ4n) is 7.92. The molecule has 5 rings (SSSR count). The summed E-state index contributed by atoms with van der Waals surface area (Å²) in [5.74, 6) is -2.43. The Morgan fingerprint density at radius 1 is 1.10 bits per heavy atom. The van der Waals surface area contributed by atoms with E-state index in [1.807, 2.05) is 34.6 Å². The van der Waals surface area contributed by atoms with Gasteiger partial charge in [0.25, 0.3) is 0 Å². The number of esters is 3. The minimum absolute atomic E-state index is 0.0567. The van der Waals surface area contributed by atoms with Gasteiger partial charge < -0.3 is 33.6 Å². The molecule has 0 radical (unpaired) electrons. The fourth-order valence-corrected chi connectivity index (χ4v) is 7.92. The first kappa shape index (κ1) is 27.5. The van der Waals surface area contributed by atoms with E-state index in [4.69, 9.17) is 23.4 Å². The van der Waals surface area contributed by atoms with Gasteiger partial charge in [-0.2, -0.15) is 0 Å². The lowest BCUT2D eigenvalue weighted by molar-refractivity contribution is -0.231. The summed E-state index contributed by atoms with van der Waals surface area (Å²) >= 11 is 0. The molecule has 3 heterocycles. The summed E-state index contributed by atoms with van der Waals surface area (Å²) in [6, 6.07) is 1.69. The van der Waals surface area contributed by atoms with Crippen LogP contribution >= 0.6 is 0 Å². The third-order valence-corrected chi connectivity index (χ3v) is 9.91. The molecule has 10 heteroatoms. The van der Waals surface area contributed by atoms with Crippen LogP contribution in [0.15, 0.2) is 46.0 Å². The maximum absolute atomic E-state index is 12.7. The van der Waals surface area contributed by atoms with E-state index in [9.17, 15) is 24.6 Å². The second kappa shape index (κ2) is 8.96. The molecule has 2 aliphatic heterocycles. The van der Waals surface area contributed by atoms with Gasteiger partial charge >= 0.3 is 17.9 Å². The highest BCUT2D eigenvalue weighted by Crippen LogP contribution is 2.69. The Morgan fingerprint density at radius 3 is 2.38 bits per heavy atom. The Hall–Kier alpha value is -3.11. The van der Waals surface area contributed by atoms with Crippen molar-refractivity contribution >= 4 is 17.9 Å². The number of hydrogen-bond acceptors (Lipinski definition) is 10. The Bertz CT molecular complexity index is 1260. The van der Waals surface area contributed by atoms with Crippen LogP contribution < -0.4 is 0 Å². The SMILES string of the molecule is COC(=O)C[C@H]1C(C)(C)[C@@H](O)[C@H](OC(C)=O)[C@@H]2OC3=C(C)C4=CC(=O)O[C@@H](c5ccoc5)[C@]4(C)[C@@H](O)[C@@H]3[C@@]21C. The molecule has 1 aromatic rings. The zero-order valence-electron chi connectivity index (χ0n) is 23.2. The van der Waals surface area contributed by atoms with Crippen LogP contribution in [0, 0.1) is 28.1 Å². The summed E-state index contributed by atoms with van der Waals surface area (Å²) in [6.45, 7) is 10.5. The van der Waals surface area contributed by atoms with Crippen LogP contribution in [-0.2, 0) is 33.3 Å². The van der Waals surface area contributed by atoms with Gasteiger partial charge in [0.1, 0.15) is 24.1 Å². The Morgan fingerprint density at radius 2 is 1.79 bits per heavy atom. The third-order valence-electron chi connectivity index (χ3n) is 9.91. The number of hydrogen-bond donors (Lipinski definition) is 2. The molecule has 212 valence electrons. The molecule has 0 aromatic carbocycles. The van der Waals surface area contributed by atoms with Crippen molar-refractivity contribution in [3.05, 3.63) is 47.1 Å². The maximum Gasteiger partial charge on any atom is 0.331 e. The lowest BCUT2D eigenvalue weighted by Crippen LogP contribution is -2.67. The second-order valence-corrected chi connectivity index (χ2v) is 12.2. The molecule has 2 fully saturated rings. The van der Waals surface area contributed by atoms with Crippen molar-refractivity contribution in [2.45, 2.75) is 78.5 Å². The summed E-state index contributed by atoms with van der Waals surface area (Å²) in [7, 11) is 1.30. The predicted octanol–water partition coefficient (Wildman–Crippen LogP) is 2.99. The number of cyclic esters (lactones) is 1. The monoisotopic (exact) mass is 544 g/mol. The molecule has 0 bridgehead atoms. The molecule has 1 aromatic heterocycles. The van der Waals surface area contributed by atoms with Crippen LogP contribution in [-0.4, -0.2) is 59.6 Å². The lowest BCUT2D eigenvalue weighted by Gasteiger charge is -2.59. The summed E-state index contributed by atoms with van der Waals surface area (Å²) in [4.78, 5) is 37.6. The Kier molecular flexibility index (Phi) is 6.31. The summed E-state index contributed by atoms with van der Waals surface area (Å²) in [5.41, 5.74) is -1.26. The molecule has 4 aliphatic rings. The quantitative estimate of drug-likeness (QED) is 0.429. The highest BCUT2D eigenvalue weighted by molar-refractivity contribution is 5.86. The fraction of sp³-hybridized carbons (Fsp3) is 0.621. The Balaban J connectivity index is 1.74. The Labute approximate surface area is 226 Å². The highest BCUT2D eigenvalue weighted by atomic mass is 16.6. The molecular formula is C29H36O10. The number of aliphatic hydroxyl groups is 2. The first-order valence-electron chi connectivity index (χ1n) is 13.1. The average Bonchev–Trinajstić information content (AvgIpc) is 3.51. The van der Waals surface area contributed by atoms with Crippen LogP contribution in [0.4, 0.5) is 0 Å². The van der Waals surface area contributed by atoms with Crippen molar-refractivity contribution in [2.24, 2.45) is 28.1 Å². The van der Waals surface area contributed by atoms with E-state index in [-0.39, 0.29) is 6.42 Å². The van der Waals surface area contributed by atoms with Gasteiger partial charge in [-0.25, -0.2) is 4.79 Å². The zero-order valence-corrected chi connectivity index (χ0v) is 23.2. The molecule has 0 amide bonds. The number of methoxy groups -OCH3 is 1. The molecular weight excluding hydrogens is 508 g/mol. The van der Waals surface area contributed by atoms with Crippen LogP contribution in [0.5, 0.6) is 0 Å². The molecule has 2 aliphatic carbocycles. The van der Waals surface area contributed by atoms with Gasteiger partial charge in [0.05, 0.1) is 37.1 Å². The number of rotatable bonds is 4. The number of carbonyl (C=O) groups is 3. The van der Waals surface area contributed by atoms with E-state index >= 15 is 0 Å². The van der Waals surface area contributed by atoms with Crippen molar-refractivity contribution in [3.8, 4) is 0 Å². The van der Waals surface area contributed by atoms with Gasteiger partial charge in [-0.05, 0) is 42.4 Å². The number of ether oxygens (including phenoxy) is 4. The molecule has 9 atom stereocenters. The van der Waals surface area contributed by atoms with Gasteiger partial charge in [-0.15, -0.1) is 0 Å². The number of fused-ring (bicyclic) bond motifs is 4. The van der Waals surface area contributed by atoms with Crippen molar-refractivity contribution in [1.29, 1.82) is 0 Å². The van der Waals surface area contributed by atoms with Crippen molar-refractivity contribution in [3.63, 3.8) is 0 Å². The molecule has 1 saturated heterocycles. The van der Waals surface area contributed by atoms with Gasteiger partial charge in [0.2, 0.25) is 0 Å². The zero-order chi connectivity index (χ0) is 28.7. The average molecular weight is 545 g/mol. The molecule has 0 spiro atoms. The van der Waals surface area contributed by atoms with E-state index in [1.54, 1.807) is 6.07 Å². The van der Waals surface area contributed by atoms with Crippen molar-refractivity contribution < 1.29 is 48.0 Å². The van der Waals surface area contributed by atoms with E-state index < -0.39 is 76.5 Å². The maximum atomic E-state index is 12.7. The minimum Gasteiger partial charge on any atom is -0.489 e. The molecule has 39 heavy (non-hydrogen) atoms. The molecule has 2 N–H and O–H groups in total. The van der Waals surface area contributed by atoms with E-state index in [0.29, 0.717) is 22.5 Å². The van der Waals surface area contributed by atoms with E-state index in [2.05, 4.69) is 0 Å². The topological polar surface area (TPSA) is 142 Å². The summed E-state index contributed by atoms with van der Waals surface area (Å²) < 4.78 is 28.3. The first-order valence-corrected chi connectivity index (χ1v) is 13.1. The smallest absolute Gasteiger partial charge is 0.331 e. The van der Waals surface area contributed by atoms with Crippen molar-refractivity contribution in [2.75, 3.05) is 7.11 Å². The normalized spacial score (nSPS) is 40.4. The summed E-state index contributed by atoms with van der Waals surface area (Å²) in [5, 5.41) is 23.9. The standard InChI is InChI=1S/C29H36O10/c1-13-16-10-19(32)38-25(15-8-9-36-12-15)28(16,5)23(33)20-21(13)39-26-22(37-14(2)30)24(34)27(3,4)17(29(20,26)6)11-18(31)35-7/h8-10,12,17,20,22-26,33-34H,11H2,1-7H3/t17-,20+,22-,23-,24-,25-,26-,28-,29-/m0/s1. The third kappa shape index (κ3) is 3.64. The van der Waals surface area contributed by atoms with Gasteiger partial charge in [0, 0.05) is 30.4 Å². The van der Waals surface area contributed by atoms with Gasteiger partial charge in [-0.3, -0.25) is 9.59 Å². The minimum atomic E-state index is -1.17. The number of aliphatic hydroxyl groups excluding tert-OH is 2. The van der Waals surface area contributed by atoms with Crippen LogP contribution in [0.2, 0.25) is 0 Å². The first-order chi connectivity index (χ1) is 18.2. The van der Waals surface area contributed by atoms with Crippen LogP contribution in [0.1, 0.15) is 59.6 Å². The van der Waals surface area contributed by atoms with Gasteiger partial charge in [-0.1, -0.05) is 20.8 Å². The number of allylic oxidation sites excluding steroid dienone is 1. The second-order valence-electron chi connectivity index (χ2n) is 12.2. The largest absolute Gasteiger partial charge is 0.489 e.